The smallest absolute Gasteiger partial charge is 0.165 e. The summed E-state index contributed by atoms with van der Waals surface area (Å²) in [4.78, 5) is 12.1. The summed E-state index contributed by atoms with van der Waals surface area (Å²) in [5, 5.41) is 0. The van der Waals surface area contributed by atoms with Crippen molar-refractivity contribution < 1.29 is 14.3 Å². The van der Waals surface area contributed by atoms with Crippen molar-refractivity contribution >= 4 is 5.78 Å². The van der Waals surface area contributed by atoms with Crippen LogP contribution in [0.15, 0.2) is 24.3 Å². The number of ketones is 1. The molecule has 0 saturated carbocycles. The Balaban J connectivity index is 2.52. The monoisotopic (exact) mass is 264 g/mol. The number of carbonyl (C=O) groups is 1. The standard InChI is InChI=1S/C16H24O3/c1-4-5-11-19-15-8-6-14(7-9-15)16(17)13(2)10-12-18-3/h6-9,13H,4-5,10-12H2,1-3H3. The lowest BCUT2D eigenvalue weighted by Crippen LogP contribution is -2.13. The molecule has 0 spiro atoms. The molecular formula is C16H24O3. The van der Waals surface area contributed by atoms with Crippen molar-refractivity contribution in [2.45, 2.75) is 33.1 Å². The Kier molecular flexibility index (Phi) is 7.19. The van der Waals surface area contributed by atoms with E-state index in [1.165, 1.54) is 0 Å². The molecule has 0 aliphatic heterocycles. The summed E-state index contributed by atoms with van der Waals surface area (Å²) in [5.41, 5.74) is 0.742. The van der Waals surface area contributed by atoms with Crippen molar-refractivity contribution in [3.63, 3.8) is 0 Å². The first-order chi connectivity index (χ1) is 9.19. The first-order valence-electron chi connectivity index (χ1n) is 6.95. The molecule has 0 radical (unpaired) electrons. The summed E-state index contributed by atoms with van der Waals surface area (Å²) in [6, 6.07) is 7.41. The normalized spacial score (nSPS) is 12.2. The number of methoxy groups -OCH3 is 1. The molecule has 1 aromatic rings. The van der Waals surface area contributed by atoms with Gasteiger partial charge in [0.2, 0.25) is 0 Å². The van der Waals surface area contributed by atoms with Gasteiger partial charge in [0.25, 0.3) is 0 Å². The van der Waals surface area contributed by atoms with Gasteiger partial charge in [0, 0.05) is 25.2 Å². The van der Waals surface area contributed by atoms with Crippen LogP contribution in [0.25, 0.3) is 0 Å². The minimum Gasteiger partial charge on any atom is -0.494 e. The van der Waals surface area contributed by atoms with Crippen molar-refractivity contribution in [3.05, 3.63) is 29.8 Å². The molecule has 0 aromatic heterocycles. The molecule has 106 valence electrons. The topological polar surface area (TPSA) is 35.5 Å². The van der Waals surface area contributed by atoms with Gasteiger partial charge in [-0.3, -0.25) is 4.79 Å². The van der Waals surface area contributed by atoms with Crippen molar-refractivity contribution in [1.82, 2.24) is 0 Å². The van der Waals surface area contributed by atoms with E-state index in [1.54, 1.807) is 7.11 Å². The Morgan fingerprint density at radius 2 is 1.89 bits per heavy atom. The number of ether oxygens (including phenoxy) is 2. The first-order valence-corrected chi connectivity index (χ1v) is 6.95. The van der Waals surface area contributed by atoms with Gasteiger partial charge in [-0.25, -0.2) is 0 Å². The number of benzene rings is 1. The van der Waals surface area contributed by atoms with Crippen LogP contribution < -0.4 is 4.74 Å². The summed E-state index contributed by atoms with van der Waals surface area (Å²) in [5.74, 6) is 0.985. The van der Waals surface area contributed by atoms with E-state index in [9.17, 15) is 4.79 Å². The molecule has 3 heteroatoms. The molecule has 0 saturated heterocycles. The third kappa shape index (κ3) is 5.43. The quantitative estimate of drug-likeness (QED) is 0.503. The van der Waals surface area contributed by atoms with E-state index in [1.807, 2.05) is 31.2 Å². The molecule has 1 atom stereocenters. The Bertz CT molecular complexity index is 370. The molecule has 0 bridgehead atoms. The maximum Gasteiger partial charge on any atom is 0.165 e. The first kappa shape index (κ1) is 15.7. The second-order valence-electron chi connectivity index (χ2n) is 4.77. The summed E-state index contributed by atoms with van der Waals surface area (Å²) in [7, 11) is 1.65. The van der Waals surface area contributed by atoms with Crippen LogP contribution in [0.5, 0.6) is 5.75 Å². The Hall–Kier alpha value is -1.35. The van der Waals surface area contributed by atoms with Crippen LogP contribution >= 0.6 is 0 Å². The zero-order valence-corrected chi connectivity index (χ0v) is 12.1. The predicted molar refractivity (Wildman–Crippen MR) is 76.8 cm³/mol. The van der Waals surface area contributed by atoms with Gasteiger partial charge in [0.05, 0.1) is 6.61 Å². The van der Waals surface area contributed by atoms with E-state index in [4.69, 9.17) is 9.47 Å². The summed E-state index contributed by atoms with van der Waals surface area (Å²) >= 11 is 0. The molecular weight excluding hydrogens is 240 g/mol. The Morgan fingerprint density at radius 3 is 2.47 bits per heavy atom. The molecule has 0 heterocycles. The van der Waals surface area contributed by atoms with E-state index in [2.05, 4.69) is 6.92 Å². The maximum absolute atomic E-state index is 12.1. The number of hydrogen-bond acceptors (Lipinski definition) is 3. The van der Waals surface area contributed by atoms with Crippen LogP contribution in [0.1, 0.15) is 43.5 Å². The summed E-state index contributed by atoms with van der Waals surface area (Å²) in [6.07, 6.45) is 2.92. The van der Waals surface area contributed by atoms with E-state index in [0.717, 1.165) is 37.2 Å². The van der Waals surface area contributed by atoms with Crippen molar-refractivity contribution in [2.24, 2.45) is 5.92 Å². The molecule has 0 fully saturated rings. The zero-order chi connectivity index (χ0) is 14.1. The molecule has 19 heavy (non-hydrogen) atoms. The van der Waals surface area contributed by atoms with E-state index in [-0.39, 0.29) is 11.7 Å². The number of hydrogen-bond donors (Lipinski definition) is 0. The summed E-state index contributed by atoms with van der Waals surface area (Å²) < 4.78 is 10.6. The maximum atomic E-state index is 12.1. The zero-order valence-electron chi connectivity index (χ0n) is 12.1. The third-order valence-corrected chi connectivity index (χ3v) is 3.11. The molecule has 1 aromatic carbocycles. The van der Waals surface area contributed by atoms with Crippen LogP contribution in [0.2, 0.25) is 0 Å². The average Bonchev–Trinajstić information content (AvgIpc) is 2.45. The number of Topliss-reactive ketones (excluding diaryl/α,β-unsaturated/α-hetero) is 1. The fraction of sp³-hybridized carbons (Fsp3) is 0.562. The largest absolute Gasteiger partial charge is 0.494 e. The van der Waals surface area contributed by atoms with Crippen molar-refractivity contribution in [2.75, 3.05) is 20.3 Å². The van der Waals surface area contributed by atoms with Gasteiger partial charge >= 0.3 is 0 Å². The van der Waals surface area contributed by atoms with E-state index >= 15 is 0 Å². The number of carbonyl (C=O) groups excluding carboxylic acids is 1. The number of rotatable bonds is 9. The van der Waals surface area contributed by atoms with Crippen LogP contribution in [0.4, 0.5) is 0 Å². The molecule has 1 rings (SSSR count). The second-order valence-corrected chi connectivity index (χ2v) is 4.77. The highest BCUT2D eigenvalue weighted by atomic mass is 16.5. The van der Waals surface area contributed by atoms with Gasteiger partial charge in [0.1, 0.15) is 5.75 Å². The van der Waals surface area contributed by atoms with E-state index < -0.39 is 0 Å². The van der Waals surface area contributed by atoms with E-state index in [0.29, 0.717) is 6.61 Å². The van der Waals surface area contributed by atoms with Crippen LogP contribution in [0, 0.1) is 5.92 Å². The van der Waals surface area contributed by atoms with Crippen LogP contribution in [0.3, 0.4) is 0 Å². The van der Waals surface area contributed by atoms with Crippen molar-refractivity contribution in [3.8, 4) is 5.75 Å². The minimum atomic E-state index is -0.00758. The lowest BCUT2D eigenvalue weighted by atomic mass is 9.97. The second kappa shape index (κ2) is 8.70. The fourth-order valence-electron chi connectivity index (χ4n) is 1.76. The highest BCUT2D eigenvalue weighted by Crippen LogP contribution is 2.17. The Morgan fingerprint density at radius 1 is 1.21 bits per heavy atom. The predicted octanol–water partition coefficient (Wildman–Crippen LogP) is 3.72. The average molecular weight is 264 g/mol. The van der Waals surface area contributed by atoms with Gasteiger partial charge in [-0.15, -0.1) is 0 Å². The highest BCUT2D eigenvalue weighted by Gasteiger charge is 2.14. The Labute approximate surface area is 115 Å². The number of unbranched alkanes of at least 4 members (excludes halogenated alkanes) is 1. The third-order valence-electron chi connectivity index (χ3n) is 3.11. The van der Waals surface area contributed by atoms with Gasteiger partial charge in [-0.05, 0) is 37.1 Å². The van der Waals surface area contributed by atoms with Crippen molar-refractivity contribution in [1.29, 1.82) is 0 Å². The fourth-order valence-corrected chi connectivity index (χ4v) is 1.76. The minimum absolute atomic E-state index is 0.00758. The molecule has 0 N–H and O–H groups in total. The highest BCUT2D eigenvalue weighted by molar-refractivity contribution is 5.97. The summed E-state index contributed by atoms with van der Waals surface area (Å²) in [6.45, 7) is 5.42. The van der Waals surface area contributed by atoms with Gasteiger partial charge in [-0.1, -0.05) is 20.3 Å². The van der Waals surface area contributed by atoms with Gasteiger partial charge < -0.3 is 9.47 Å². The lowest BCUT2D eigenvalue weighted by molar-refractivity contribution is 0.0893. The molecule has 0 aliphatic carbocycles. The van der Waals surface area contributed by atoms with Gasteiger partial charge in [0.15, 0.2) is 5.78 Å². The SMILES string of the molecule is CCCCOc1ccc(C(=O)C(C)CCOC)cc1. The molecule has 1 unspecified atom stereocenters. The van der Waals surface area contributed by atoms with Crippen LogP contribution in [-0.2, 0) is 4.74 Å². The molecule has 3 nitrogen and oxygen atoms in total. The molecule has 0 aliphatic rings. The molecule has 0 amide bonds. The lowest BCUT2D eigenvalue weighted by Gasteiger charge is -2.10. The van der Waals surface area contributed by atoms with Crippen LogP contribution in [-0.4, -0.2) is 26.1 Å². The van der Waals surface area contributed by atoms with Gasteiger partial charge in [-0.2, -0.15) is 0 Å².